The summed E-state index contributed by atoms with van der Waals surface area (Å²) in [6.07, 6.45) is 10.4. The van der Waals surface area contributed by atoms with Gasteiger partial charge in [0, 0.05) is 18.6 Å². The molecule has 1 spiro atoms. The van der Waals surface area contributed by atoms with Crippen molar-refractivity contribution in [3.8, 4) is 0 Å². The molecule has 0 radical (unpaired) electrons. The maximum Gasteiger partial charge on any atom is 0.0192 e. The summed E-state index contributed by atoms with van der Waals surface area (Å²) in [5.41, 5.74) is 0.750. The largest absolute Gasteiger partial charge is 0.313 e. The summed E-state index contributed by atoms with van der Waals surface area (Å²) in [5.74, 6) is 0. The minimum absolute atomic E-state index is 0.613. The van der Waals surface area contributed by atoms with E-state index in [2.05, 4.69) is 31.0 Å². The quantitative estimate of drug-likeness (QED) is 0.825. The van der Waals surface area contributed by atoms with E-state index in [4.69, 9.17) is 0 Å². The third kappa shape index (κ3) is 3.71. The average Bonchev–Trinajstić information content (AvgIpc) is 2.38. The standard InChI is InChI=1S/C16H32N2/c1-14(2)17-13-15(3)18-11-9-16(10-12-18)7-5-4-6-8-16/h14-15,17H,4-13H2,1-3H3. The molecule has 2 fully saturated rings. The molecule has 1 saturated carbocycles. The van der Waals surface area contributed by atoms with Gasteiger partial charge in [-0.05, 0) is 51.1 Å². The molecule has 0 amide bonds. The van der Waals surface area contributed by atoms with Crippen molar-refractivity contribution in [2.75, 3.05) is 19.6 Å². The van der Waals surface area contributed by atoms with E-state index < -0.39 is 0 Å². The van der Waals surface area contributed by atoms with Crippen molar-refractivity contribution >= 4 is 0 Å². The van der Waals surface area contributed by atoms with E-state index in [0.717, 1.165) is 12.0 Å². The second-order valence-electron chi connectivity index (χ2n) is 7.01. The lowest BCUT2D eigenvalue weighted by atomic mass is 9.68. The fourth-order valence-electron chi connectivity index (χ4n) is 3.78. The zero-order valence-corrected chi connectivity index (χ0v) is 12.7. The van der Waals surface area contributed by atoms with Gasteiger partial charge < -0.3 is 5.32 Å². The van der Waals surface area contributed by atoms with Gasteiger partial charge >= 0.3 is 0 Å². The van der Waals surface area contributed by atoms with E-state index in [0.29, 0.717) is 12.1 Å². The predicted octanol–water partition coefficient (Wildman–Crippen LogP) is 3.42. The molecule has 106 valence electrons. The first-order valence-electron chi connectivity index (χ1n) is 8.09. The molecular weight excluding hydrogens is 220 g/mol. The monoisotopic (exact) mass is 252 g/mol. The maximum absolute atomic E-state index is 3.57. The molecule has 2 aliphatic rings. The highest BCUT2D eigenvalue weighted by Crippen LogP contribution is 2.44. The SMILES string of the molecule is CC(C)NCC(C)N1CCC2(CCCCC2)CC1. The van der Waals surface area contributed by atoms with E-state index in [-0.39, 0.29) is 0 Å². The molecule has 2 rings (SSSR count). The van der Waals surface area contributed by atoms with Gasteiger partial charge in [-0.3, -0.25) is 4.90 Å². The topological polar surface area (TPSA) is 15.3 Å². The molecule has 1 aliphatic heterocycles. The lowest BCUT2D eigenvalue weighted by Gasteiger charge is -2.46. The van der Waals surface area contributed by atoms with Gasteiger partial charge in [-0.1, -0.05) is 33.1 Å². The summed E-state index contributed by atoms with van der Waals surface area (Å²) >= 11 is 0. The van der Waals surface area contributed by atoms with Crippen LogP contribution in [0.2, 0.25) is 0 Å². The predicted molar refractivity (Wildman–Crippen MR) is 78.9 cm³/mol. The zero-order chi connectivity index (χ0) is 13.0. The molecule has 0 bridgehead atoms. The molecule has 1 saturated heterocycles. The number of piperidine rings is 1. The van der Waals surface area contributed by atoms with E-state index in [1.807, 2.05) is 0 Å². The molecule has 2 heteroatoms. The molecule has 0 aromatic heterocycles. The first-order valence-corrected chi connectivity index (χ1v) is 8.09. The Bertz CT molecular complexity index is 233. The minimum Gasteiger partial charge on any atom is -0.313 e. The van der Waals surface area contributed by atoms with E-state index >= 15 is 0 Å². The van der Waals surface area contributed by atoms with Gasteiger partial charge in [-0.15, -0.1) is 0 Å². The fraction of sp³-hybridized carbons (Fsp3) is 1.00. The van der Waals surface area contributed by atoms with Crippen molar-refractivity contribution in [2.45, 2.75) is 77.8 Å². The van der Waals surface area contributed by atoms with Gasteiger partial charge in [0.1, 0.15) is 0 Å². The van der Waals surface area contributed by atoms with Crippen LogP contribution in [0.4, 0.5) is 0 Å². The number of hydrogen-bond acceptors (Lipinski definition) is 2. The normalized spacial score (nSPS) is 26.7. The summed E-state index contributed by atoms with van der Waals surface area (Å²) in [4.78, 5) is 2.70. The van der Waals surface area contributed by atoms with Crippen LogP contribution in [0.1, 0.15) is 65.7 Å². The van der Waals surface area contributed by atoms with Crippen LogP contribution >= 0.6 is 0 Å². The lowest BCUT2D eigenvalue weighted by molar-refractivity contribution is 0.0486. The second-order valence-corrected chi connectivity index (χ2v) is 7.01. The first-order chi connectivity index (χ1) is 8.61. The Morgan fingerprint density at radius 3 is 2.11 bits per heavy atom. The highest BCUT2D eigenvalue weighted by atomic mass is 15.2. The van der Waals surface area contributed by atoms with Crippen molar-refractivity contribution in [1.82, 2.24) is 10.2 Å². The van der Waals surface area contributed by atoms with E-state index in [1.54, 1.807) is 0 Å². The van der Waals surface area contributed by atoms with Crippen LogP contribution in [0, 0.1) is 5.41 Å². The van der Waals surface area contributed by atoms with Crippen molar-refractivity contribution in [1.29, 1.82) is 0 Å². The smallest absolute Gasteiger partial charge is 0.0192 e. The first kappa shape index (κ1) is 14.3. The molecule has 1 heterocycles. The molecule has 1 unspecified atom stereocenters. The molecule has 2 nitrogen and oxygen atoms in total. The van der Waals surface area contributed by atoms with Crippen LogP contribution < -0.4 is 5.32 Å². The lowest BCUT2D eigenvalue weighted by Crippen LogP contribution is -2.48. The molecule has 1 aliphatic carbocycles. The Balaban J connectivity index is 1.75. The van der Waals surface area contributed by atoms with Crippen LogP contribution in [0.3, 0.4) is 0 Å². The third-order valence-electron chi connectivity index (χ3n) is 5.22. The highest BCUT2D eigenvalue weighted by Gasteiger charge is 2.36. The third-order valence-corrected chi connectivity index (χ3v) is 5.22. The van der Waals surface area contributed by atoms with Crippen LogP contribution in [0.15, 0.2) is 0 Å². The molecule has 1 N–H and O–H groups in total. The minimum atomic E-state index is 0.613. The number of rotatable bonds is 4. The van der Waals surface area contributed by atoms with Gasteiger partial charge in [-0.25, -0.2) is 0 Å². The summed E-state index contributed by atoms with van der Waals surface area (Å²) in [6, 6.07) is 1.32. The Morgan fingerprint density at radius 1 is 0.944 bits per heavy atom. The number of nitrogens with zero attached hydrogens (tertiary/aromatic N) is 1. The Kier molecular flexibility index (Phi) is 5.08. The Morgan fingerprint density at radius 2 is 1.56 bits per heavy atom. The molecule has 1 atom stereocenters. The van der Waals surface area contributed by atoms with Crippen LogP contribution in [-0.2, 0) is 0 Å². The van der Waals surface area contributed by atoms with Gasteiger partial charge in [0.25, 0.3) is 0 Å². The molecule has 0 aromatic carbocycles. The fourth-order valence-corrected chi connectivity index (χ4v) is 3.78. The number of hydrogen-bond donors (Lipinski definition) is 1. The summed E-state index contributed by atoms with van der Waals surface area (Å²) < 4.78 is 0. The zero-order valence-electron chi connectivity index (χ0n) is 12.7. The van der Waals surface area contributed by atoms with Gasteiger partial charge in [0.2, 0.25) is 0 Å². The maximum atomic E-state index is 3.57. The van der Waals surface area contributed by atoms with Crippen LogP contribution in [0.5, 0.6) is 0 Å². The van der Waals surface area contributed by atoms with Crippen molar-refractivity contribution < 1.29 is 0 Å². The van der Waals surface area contributed by atoms with Crippen LogP contribution in [0.25, 0.3) is 0 Å². The van der Waals surface area contributed by atoms with Crippen molar-refractivity contribution in [3.05, 3.63) is 0 Å². The van der Waals surface area contributed by atoms with Gasteiger partial charge in [-0.2, -0.15) is 0 Å². The molecule has 18 heavy (non-hydrogen) atoms. The van der Waals surface area contributed by atoms with Gasteiger partial charge in [0.15, 0.2) is 0 Å². The van der Waals surface area contributed by atoms with E-state index in [1.165, 1.54) is 58.0 Å². The van der Waals surface area contributed by atoms with Crippen molar-refractivity contribution in [2.24, 2.45) is 5.41 Å². The summed E-state index contributed by atoms with van der Waals surface area (Å²) in [7, 11) is 0. The van der Waals surface area contributed by atoms with Crippen LogP contribution in [-0.4, -0.2) is 36.6 Å². The number of nitrogens with one attached hydrogen (secondary N) is 1. The Hall–Kier alpha value is -0.0800. The summed E-state index contributed by atoms with van der Waals surface area (Å²) in [5, 5.41) is 3.57. The average molecular weight is 252 g/mol. The molecule has 0 aromatic rings. The van der Waals surface area contributed by atoms with Crippen molar-refractivity contribution in [3.63, 3.8) is 0 Å². The number of likely N-dealkylation sites (tertiary alicyclic amines) is 1. The van der Waals surface area contributed by atoms with E-state index in [9.17, 15) is 0 Å². The van der Waals surface area contributed by atoms with Gasteiger partial charge in [0.05, 0.1) is 0 Å². The summed E-state index contributed by atoms with van der Waals surface area (Å²) in [6.45, 7) is 10.7. The molecular formula is C16H32N2. The second kappa shape index (κ2) is 6.38. The highest BCUT2D eigenvalue weighted by molar-refractivity contribution is 4.89. The Labute approximate surface area is 114 Å².